The zero-order valence-corrected chi connectivity index (χ0v) is 13.6. The molecule has 0 radical (unpaired) electrons. The van der Waals surface area contributed by atoms with E-state index in [1.165, 1.54) is 12.8 Å². The molecule has 0 aromatic rings. The molecule has 19 heavy (non-hydrogen) atoms. The molecule has 108 valence electrons. The average Bonchev–Trinajstić information content (AvgIpc) is 2.37. The Morgan fingerprint density at radius 2 is 1.89 bits per heavy atom. The van der Waals surface area contributed by atoms with Gasteiger partial charge in [-0.15, -0.1) is 0 Å². The van der Waals surface area contributed by atoms with Gasteiger partial charge in [0.1, 0.15) is 0 Å². The molecule has 1 saturated heterocycles. The van der Waals surface area contributed by atoms with E-state index < -0.39 is 8.07 Å². The van der Waals surface area contributed by atoms with Crippen LogP contribution in [0, 0.1) is 17.2 Å². The molecule has 1 aliphatic heterocycles. The molecule has 1 unspecified atom stereocenters. The number of hydrogen-bond acceptors (Lipinski definition) is 3. The van der Waals surface area contributed by atoms with Crippen LogP contribution in [0.5, 0.6) is 0 Å². The molecule has 2 fully saturated rings. The SMILES string of the molecule is C[Si](C)(C)C1COC2(CCCCC2CCC#N)OC1. The molecule has 1 atom stereocenters. The second-order valence-electron chi connectivity index (χ2n) is 7.14. The van der Waals surface area contributed by atoms with Crippen molar-refractivity contribution >= 4 is 8.07 Å². The van der Waals surface area contributed by atoms with Crippen LogP contribution in [-0.2, 0) is 9.47 Å². The van der Waals surface area contributed by atoms with Gasteiger partial charge in [0.2, 0.25) is 0 Å². The van der Waals surface area contributed by atoms with Gasteiger partial charge in [0.05, 0.1) is 27.4 Å². The van der Waals surface area contributed by atoms with Crippen molar-refractivity contribution < 1.29 is 9.47 Å². The van der Waals surface area contributed by atoms with Gasteiger partial charge in [-0.05, 0) is 19.3 Å². The smallest absolute Gasteiger partial charge is 0.171 e. The van der Waals surface area contributed by atoms with Gasteiger partial charge in [-0.3, -0.25) is 0 Å². The van der Waals surface area contributed by atoms with Gasteiger partial charge in [-0.1, -0.05) is 26.1 Å². The second-order valence-corrected chi connectivity index (χ2v) is 12.7. The van der Waals surface area contributed by atoms with Gasteiger partial charge in [0.25, 0.3) is 0 Å². The summed E-state index contributed by atoms with van der Waals surface area (Å²) in [5.74, 6) is 0.0640. The molecule has 0 N–H and O–H groups in total. The Hall–Kier alpha value is -0.373. The van der Waals surface area contributed by atoms with Gasteiger partial charge in [0, 0.05) is 24.3 Å². The summed E-state index contributed by atoms with van der Waals surface area (Å²) >= 11 is 0. The van der Waals surface area contributed by atoms with Crippen molar-refractivity contribution in [2.75, 3.05) is 13.2 Å². The van der Waals surface area contributed by atoms with Crippen molar-refractivity contribution in [2.24, 2.45) is 5.92 Å². The van der Waals surface area contributed by atoms with Crippen molar-refractivity contribution in [3.05, 3.63) is 0 Å². The average molecular weight is 281 g/mol. The quantitative estimate of drug-likeness (QED) is 0.736. The first-order chi connectivity index (χ1) is 8.98. The van der Waals surface area contributed by atoms with Crippen LogP contribution in [0.3, 0.4) is 0 Å². The molecule has 1 aliphatic carbocycles. The van der Waals surface area contributed by atoms with Crippen LogP contribution in [0.1, 0.15) is 38.5 Å². The van der Waals surface area contributed by atoms with Gasteiger partial charge >= 0.3 is 0 Å². The molecule has 3 nitrogen and oxygen atoms in total. The summed E-state index contributed by atoms with van der Waals surface area (Å²) in [5.41, 5.74) is 0.608. The van der Waals surface area contributed by atoms with Gasteiger partial charge < -0.3 is 9.47 Å². The van der Waals surface area contributed by atoms with Crippen LogP contribution in [0.4, 0.5) is 0 Å². The Labute approximate surface area is 118 Å². The molecule has 0 amide bonds. The zero-order valence-electron chi connectivity index (χ0n) is 12.6. The molecule has 1 spiro atoms. The Morgan fingerprint density at radius 3 is 2.47 bits per heavy atom. The Balaban J connectivity index is 2.00. The fourth-order valence-corrected chi connectivity index (χ4v) is 4.41. The summed E-state index contributed by atoms with van der Waals surface area (Å²) < 4.78 is 12.5. The van der Waals surface area contributed by atoms with E-state index in [9.17, 15) is 0 Å². The Morgan fingerprint density at radius 1 is 1.21 bits per heavy atom. The fraction of sp³-hybridized carbons (Fsp3) is 0.933. The minimum absolute atomic E-state index is 0.356. The Bertz CT molecular complexity index is 337. The van der Waals surface area contributed by atoms with Crippen molar-refractivity contribution in [1.29, 1.82) is 5.26 Å². The highest BCUT2D eigenvalue weighted by atomic mass is 28.3. The lowest BCUT2D eigenvalue weighted by Gasteiger charge is -2.49. The summed E-state index contributed by atoms with van der Waals surface area (Å²) in [7, 11) is -1.19. The molecule has 2 rings (SSSR count). The van der Waals surface area contributed by atoms with E-state index in [0.29, 0.717) is 17.9 Å². The van der Waals surface area contributed by atoms with Crippen LogP contribution in [0.15, 0.2) is 0 Å². The molecule has 0 aromatic heterocycles. The van der Waals surface area contributed by atoms with Crippen LogP contribution >= 0.6 is 0 Å². The van der Waals surface area contributed by atoms with Crippen LogP contribution in [0.2, 0.25) is 25.2 Å². The number of rotatable bonds is 3. The van der Waals surface area contributed by atoms with E-state index in [-0.39, 0.29) is 5.79 Å². The highest BCUT2D eigenvalue weighted by Crippen LogP contribution is 2.44. The minimum atomic E-state index is -1.19. The summed E-state index contributed by atoms with van der Waals surface area (Å²) in [6, 6.07) is 2.27. The predicted molar refractivity (Wildman–Crippen MR) is 78.5 cm³/mol. The van der Waals surface area contributed by atoms with E-state index >= 15 is 0 Å². The predicted octanol–water partition coefficient (Wildman–Crippen LogP) is 3.93. The van der Waals surface area contributed by atoms with E-state index in [0.717, 1.165) is 32.5 Å². The number of nitriles is 1. The van der Waals surface area contributed by atoms with Crippen LogP contribution < -0.4 is 0 Å². The molecule has 0 bridgehead atoms. The summed E-state index contributed by atoms with van der Waals surface area (Å²) in [6.07, 6.45) is 6.16. The molecule has 1 heterocycles. The lowest BCUT2D eigenvalue weighted by atomic mass is 9.80. The lowest BCUT2D eigenvalue weighted by molar-refractivity contribution is -0.306. The highest BCUT2D eigenvalue weighted by Gasteiger charge is 2.47. The normalized spacial score (nSPS) is 36.1. The molecule has 0 aromatic carbocycles. The van der Waals surface area contributed by atoms with E-state index in [1.807, 2.05) is 0 Å². The van der Waals surface area contributed by atoms with Crippen LogP contribution in [0.25, 0.3) is 0 Å². The van der Waals surface area contributed by atoms with E-state index in [2.05, 4.69) is 25.7 Å². The third-order valence-corrected chi connectivity index (χ3v) is 7.62. The van der Waals surface area contributed by atoms with Crippen LogP contribution in [-0.4, -0.2) is 27.1 Å². The Kier molecular flexibility index (Phi) is 4.70. The summed E-state index contributed by atoms with van der Waals surface area (Å²) in [6.45, 7) is 8.88. The monoisotopic (exact) mass is 281 g/mol. The molecular weight excluding hydrogens is 254 g/mol. The molecule has 2 aliphatic rings. The standard InChI is InChI=1S/C15H27NO2Si/c1-19(2,3)14-11-17-15(18-12-14)9-5-4-7-13(15)8-6-10-16/h13-14H,4-9,11-12H2,1-3H3. The maximum atomic E-state index is 8.81. The maximum Gasteiger partial charge on any atom is 0.171 e. The molecule has 1 saturated carbocycles. The van der Waals surface area contributed by atoms with Crippen molar-refractivity contribution in [2.45, 2.75) is 69.5 Å². The first-order valence-corrected chi connectivity index (χ1v) is 11.2. The second kappa shape index (κ2) is 5.95. The van der Waals surface area contributed by atoms with Crippen molar-refractivity contribution in [1.82, 2.24) is 0 Å². The third kappa shape index (κ3) is 3.39. The van der Waals surface area contributed by atoms with Crippen molar-refractivity contribution in [3.8, 4) is 6.07 Å². The largest absolute Gasteiger partial charge is 0.350 e. The minimum Gasteiger partial charge on any atom is -0.350 e. The summed E-state index contributed by atoms with van der Waals surface area (Å²) in [4.78, 5) is 0. The zero-order chi connectivity index (χ0) is 13.9. The maximum absolute atomic E-state index is 8.81. The fourth-order valence-electron chi connectivity index (χ4n) is 3.24. The third-order valence-electron chi connectivity index (χ3n) is 4.84. The highest BCUT2D eigenvalue weighted by molar-refractivity contribution is 6.77. The van der Waals surface area contributed by atoms with Gasteiger partial charge in [-0.25, -0.2) is 0 Å². The molecular formula is C15H27NO2Si. The van der Waals surface area contributed by atoms with E-state index in [4.69, 9.17) is 14.7 Å². The number of ether oxygens (including phenoxy) is 2. The van der Waals surface area contributed by atoms with E-state index in [1.54, 1.807) is 0 Å². The molecule has 4 heteroatoms. The number of nitrogens with zero attached hydrogens (tertiary/aromatic N) is 1. The number of hydrogen-bond donors (Lipinski definition) is 0. The first kappa shape index (κ1) is 15.0. The summed E-state index contributed by atoms with van der Waals surface area (Å²) in [5, 5.41) is 8.81. The van der Waals surface area contributed by atoms with Gasteiger partial charge in [-0.2, -0.15) is 5.26 Å². The topological polar surface area (TPSA) is 42.2 Å². The first-order valence-electron chi connectivity index (χ1n) is 7.63. The van der Waals surface area contributed by atoms with Crippen molar-refractivity contribution in [3.63, 3.8) is 0 Å². The lowest BCUT2D eigenvalue weighted by Crippen LogP contribution is -2.53. The van der Waals surface area contributed by atoms with Gasteiger partial charge in [0.15, 0.2) is 5.79 Å².